The van der Waals surface area contributed by atoms with E-state index in [4.69, 9.17) is 0 Å². The summed E-state index contributed by atoms with van der Waals surface area (Å²) in [7, 11) is 0. The summed E-state index contributed by atoms with van der Waals surface area (Å²) in [6.45, 7) is 2.24. The Labute approximate surface area is 136 Å². The highest BCUT2D eigenvalue weighted by Crippen LogP contribution is 2.38. The number of urea groups is 1. The number of carboxylic acid groups (broad SMARTS) is 1. The van der Waals surface area contributed by atoms with Gasteiger partial charge in [0.05, 0.1) is 9.20 Å². The van der Waals surface area contributed by atoms with Crippen molar-refractivity contribution in [2.45, 2.75) is 38.6 Å². The van der Waals surface area contributed by atoms with Crippen molar-refractivity contribution in [2.75, 3.05) is 6.54 Å². The van der Waals surface area contributed by atoms with Crippen LogP contribution in [0.2, 0.25) is 0 Å². The molecule has 2 amide bonds. The van der Waals surface area contributed by atoms with Crippen LogP contribution < -0.4 is 10.6 Å². The molecule has 2 unspecified atom stereocenters. The van der Waals surface area contributed by atoms with Gasteiger partial charge in [-0.05, 0) is 54.2 Å². The Kier molecular flexibility index (Phi) is 5.27. The molecule has 5 nitrogen and oxygen atoms in total. The van der Waals surface area contributed by atoms with Crippen LogP contribution in [0.5, 0.6) is 0 Å². The molecule has 0 aliphatic heterocycles. The van der Waals surface area contributed by atoms with E-state index in [0.29, 0.717) is 19.4 Å². The fourth-order valence-corrected chi connectivity index (χ4v) is 4.13. The minimum absolute atomic E-state index is 0.287. The van der Waals surface area contributed by atoms with Crippen LogP contribution >= 0.6 is 27.3 Å². The molecule has 1 heterocycles. The zero-order valence-corrected chi connectivity index (χ0v) is 14.2. The second kappa shape index (κ2) is 6.79. The first kappa shape index (κ1) is 16.3. The second-order valence-electron chi connectivity index (χ2n) is 5.52. The molecule has 0 bridgehead atoms. The van der Waals surface area contributed by atoms with Gasteiger partial charge >= 0.3 is 12.0 Å². The van der Waals surface area contributed by atoms with Gasteiger partial charge in [-0.1, -0.05) is 6.42 Å². The molecule has 1 fully saturated rings. The summed E-state index contributed by atoms with van der Waals surface area (Å²) in [6, 6.07) is 3.42. The number of aliphatic carboxylic acids is 1. The molecule has 21 heavy (non-hydrogen) atoms. The number of halogens is 1. The summed E-state index contributed by atoms with van der Waals surface area (Å²) in [5.41, 5.74) is -0.851. The van der Waals surface area contributed by atoms with Crippen LogP contribution in [0, 0.1) is 5.41 Å². The van der Waals surface area contributed by atoms with Crippen LogP contribution in [0.25, 0.3) is 0 Å². The smallest absolute Gasteiger partial charge is 0.315 e. The molecule has 2 atom stereocenters. The van der Waals surface area contributed by atoms with Crippen molar-refractivity contribution >= 4 is 39.3 Å². The van der Waals surface area contributed by atoms with Gasteiger partial charge in [0, 0.05) is 17.5 Å². The number of hydrogen-bond acceptors (Lipinski definition) is 3. The lowest BCUT2D eigenvalue weighted by Crippen LogP contribution is -2.50. The average molecular weight is 375 g/mol. The lowest BCUT2D eigenvalue weighted by atomic mass is 9.85. The molecular weight excluding hydrogens is 356 g/mol. The van der Waals surface area contributed by atoms with E-state index in [1.54, 1.807) is 18.3 Å². The van der Waals surface area contributed by atoms with Gasteiger partial charge in [-0.25, -0.2) is 4.79 Å². The fraction of sp³-hybridized carbons (Fsp3) is 0.571. The van der Waals surface area contributed by atoms with Crippen molar-refractivity contribution in [2.24, 2.45) is 5.41 Å². The number of rotatable bonds is 5. The third kappa shape index (κ3) is 3.97. The Bertz CT molecular complexity index is 534. The van der Waals surface area contributed by atoms with E-state index < -0.39 is 11.4 Å². The Morgan fingerprint density at radius 3 is 2.90 bits per heavy atom. The maximum atomic E-state index is 11.9. The standard InChI is InChI=1S/C14H19BrN2O3S/c1-14(12(18)19)7-2-3-10(14)17-13(20)16-8-6-9-4-5-11(15)21-9/h4-5,10H,2-3,6-8H2,1H3,(H,18,19)(H2,16,17,20). The molecule has 1 aromatic heterocycles. The number of carbonyl (C=O) groups is 2. The predicted molar refractivity (Wildman–Crippen MR) is 85.6 cm³/mol. The Hall–Kier alpha value is -1.08. The van der Waals surface area contributed by atoms with Crippen LogP contribution in [0.1, 0.15) is 31.1 Å². The van der Waals surface area contributed by atoms with Crippen molar-refractivity contribution in [3.05, 3.63) is 20.8 Å². The van der Waals surface area contributed by atoms with E-state index in [1.165, 1.54) is 4.88 Å². The van der Waals surface area contributed by atoms with Crippen molar-refractivity contribution in [3.63, 3.8) is 0 Å². The lowest BCUT2D eigenvalue weighted by molar-refractivity contribution is -0.148. The third-order valence-electron chi connectivity index (χ3n) is 4.04. The molecule has 3 N–H and O–H groups in total. The quantitative estimate of drug-likeness (QED) is 0.740. The SMILES string of the molecule is CC1(C(=O)O)CCCC1NC(=O)NCCc1ccc(Br)s1. The topological polar surface area (TPSA) is 78.4 Å². The molecule has 0 spiro atoms. The summed E-state index contributed by atoms with van der Waals surface area (Å²) in [6.07, 6.45) is 2.92. The number of nitrogens with one attached hydrogen (secondary N) is 2. The fourth-order valence-electron chi connectivity index (χ4n) is 2.65. The molecule has 1 aromatic rings. The zero-order chi connectivity index (χ0) is 15.5. The summed E-state index contributed by atoms with van der Waals surface area (Å²) in [5.74, 6) is -0.839. The van der Waals surface area contributed by atoms with Gasteiger partial charge in [0.15, 0.2) is 0 Å². The van der Waals surface area contributed by atoms with Gasteiger partial charge in [0.2, 0.25) is 0 Å². The molecule has 0 saturated heterocycles. The molecule has 2 rings (SSSR count). The second-order valence-corrected chi connectivity index (χ2v) is 8.07. The summed E-state index contributed by atoms with van der Waals surface area (Å²) >= 11 is 5.04. The summed E-state index contributed by atoms with van der Waals surface area (Å²) in [4.78, 5) is 24.4. The van der Waals surface area contributed by atoms with Crippen molar-refractivity contribution in [1.82, 2.24) is 10.6 Å². The molecule has 7 heteroatoms. The monoisotopic (exact) mass is 374 g/mol. The lowest BCUT2D eigenvalue weighted by Gasteiger charge is -2.27. The Morgan fingerprint density at radius 2 is 2.29 bits per heavy atom. The van der Waals surface area contributed by atoms with E-state index >= 15 is 0 Å². The molecular formula is C14H19BrN2O3S. The van der Waals surface area contributed by atoms with Crippen LogP contribution in [0.4, 0.5) is 4.79 Å². The van der Waals surface area contributed by atoms with Crippen LogP contribution in [0.15, 0.2) is 15.9 Å². The van der Waals surface area contributed by atoms with E-state index in [2.05, 4.69) is 26.6 Å². The van der Waals surface area contributed by atoms with Crippen molar-refractivity contribution in [1.29, 1.82) is 0 Å². The molecule has 1 aliphatic rings. The minimum Gasteiger partial charge on any atom is -0.481 e. The minimum atomic E-state index is -0.851. The average Bonchev–Trinajstić information content (AvgIpc) is 2.98. The van der Waals surface area contributed by atoms with Gasteiger partial charge < -0.3 is 15.7 Å². The third-order valence-corrected chi connectivity index (χ3v) is 5.72. The Morgan fingerprint density at radius 1 is 1.52 bits per heavy atom. The van der Waals surface area contributed by atoms with Crippen LogP contribution in [-0.4, -0.2) is 29.7 Å². The number of hydrogen-bond donors (Lipinski definition) is 3. The van der Waals surface area contributed by atoms with Gasteiger partial charge in [0.1, 0.15) is 0 Å². The molecule has 1 aliphatic carbocycles. The Balaban J connectivity index is 1.78. The number of thiophene rings is 1. The van der Waals surface area contributed by atoms with Gasteiger partial charge in [-0.15, -0.1) is 11.3 Å². The van der Waals surface area contributed by atoms with E-state index in [1.807, 2.05) is 12.1 Å². The van der Waals surface area contributed by atoms with Crippen LogP contribution in [-0.2, 0) is 11.2 Å². The van der Waals surface area contributed by atoms with Crippen molar-refractivity contribution < 1.29 is 14.7 Å². The first-order valence-corrected chi connectivity index (χ1v) is 8.55. The number of amides is 2. The molecule has 0 radical (unpaired) electrons. The van der Waals surface area contributed by atoms with Crippen molar-refractivity contribution in [3.8, 4) is 0 Å². The molecule has 1 saturated carbocycles. The molecule has 0 aromatic carbocycles. The zero-order valence-electron chi connectivity index (χ0n) is 11.8. The highest BCUT2D eigenvalue weighted by molar-refractivity contribution is 9.11. The number of carboxylic acids is 1. The highest BCUT2D eigenvalue weighted by Gasteiger charge is 2.45. The van der Waals surface area contributed by atoms with E-state index in [0.717, 1.165) is 16.6 Å². The van der Waals surface area contributed by atoms with Gasteiger partial charge in [0.25, 0.3) is 0 Å². The largest absolute Gasteiger partial charge is 0.481 e. The summed E-state index contributed by atoms with van der Waals surface area (Å²) in [5, 5.41) is 14.9. The highest BCUT2D eigenvalue weighted by atomic mass is 79.9. The number of carbonyl (C=O) groups excluding carboxylic acids is 1. The van der Waals surface area contributed by atoms with E-state index in [9.17, 15) is 14.7 Å². The van der Waals surface area contributed by atoms with Gasteiger partial charge in [-0.2, -0.15) is 0 Å². The maximum Gasteiger partial charge on any atom is 0.315 e. The van der Waals surface area contributed by atoms with E-state index in [-0.39, 0.29) is 12.1 Å². The normalized spacial score (nSPS) is 24.8. The van der Waals surface area contributed by atoms with Gasteiger partial charge in [-0.3, -0.25) is 4.79 Å². The van der Waals surface area contributed by atoms with Crippen LogP contribution in [0.3, 0.4) is 0 Å². The first-order chi connectivity index (χ1) is 9.91. The maximum absolute atomic E-state index is 11.9. The predicted octanol–water partition coefficient (Wildman–Crippen LogP) is 3.00. The molecule has 116 valence electrons. The first-order valence-electron chi connectivity index (χ1n) is 6.94. The summed E-state index contributed by atoms with van der Waals surface area (Å²) < 4.78 is 1.07.